The molecule has 1 aromatic heterocycles. The van der Waals surface area contributed by atoms with Gasteiger partial charge in [-0.25, -0.2) is 8.42 Å². The highest BCUT2D eigenvalue weighted by Gasteiger charge is 2.25. The summed E-state index contributed by atoms with van der Waals surface area (Å²) in [4.78, 5) is 4.44. The van der Waals surface area contributed by atoms with Crippen molar-refractivity contribution in [3.63, 3.8) is 0 Å². The summed E-state index contributed by atoms with van der Waals surface area (Å²) in [5, 5.41) is 9.75. The summed E-state index contributed by atoms with van der Waals surface area (Å²) in [7, 11) is -3.63. The highest BCUT2D eigenvalue weighted by Crippen LogP contribution is 2.24. The zero-order valence-corrected chi connectivity index (χ0v) is 12.9. The maximum atomic E-state index is 12.8. The van der Waals surface area contributed by atoms with Crippen molar-refractivity contribution < 1.29 is 13.5 Å². The van der Waals surface area contributed by atoms with Gasteiger partial charge in [-0.3, -0.25) is 4.98 Å². The third kappa shape index (κ3) is 3.40. The second-order valence-corrected chi connectivity index (χ2v) is 6.71. The van der Waals surface area contributed by atoms with Crippen molar-refractivity contribution in [3.05, 3.63) is 36.5 Å². The summed E-state index contributed by atoms with van der Waals surface area (Å²) in [6.45, 7) is 2.34. The van der Waals surface area contributed by atoms with Gasteiger partial charge in [0, 0.05) is 24.7 Å². The third-order valence-corrected chi connectivity index (χ3v) is 5.29. The lowest BCUT2D eigenvalue weighted by Crippen LogP contribution is -2.34. The number of hydrogen-bond donors (Lipinski definition) is 1. The average molecular weight is 308 g/mol. The van der Waals surface area contributed by atoms with E-state index >= 15 is 0 Å². The fraction of sp³-hybridized carbons (Fsp3) is 0.400. The Bertz CT molecular complexity index is 696. The Kier molecular flexibility index (Phi) is 5.27. The minimum Gasteiger partial charge on any atom is -0.395 e. The van der Waals surface area contributed by atoms with Gasteiger partial charge in [0.1, 0.15) is 0 Å². The van der Waals surface area contributed by atoms with Gasteiger partial charge >= 0.3 is 0 Å². The Morgan fingerprint density at radius 1 is 1.19 bits per heavy atom. The van der Waals surface area contributed by atoms with Gasteiger partial charge < -0.3 is 5.11 Å². The van der Waals surface area contributed by atoms with Gasteiger partial charge in [-0.1, -0.05) is 19.4 Å². The normalized spacial score (nSPS) is 12.1. The van der Waals surface area contributed by atoms with Gasteiger partial charge in [-0.05, 0) is 30.7 Å². The number of nitrogens with zero attached hydrogens (tertiary/aromatic N) is 2. The van der Waals surface area contributed by atoms with Crippen molar-refractivity contribution in [3.8, 4) is 0 Å². The fourth-order valence-electron chi connectivity index (χ4n) is 2.24. The first-order valence-corrected chi connectivity index (χ1v) is 8.50. The van der Waals surface area contributed by atoms with Crippen molar-refractivity contribution in [2.24, 2.45) is 0 Å². The maximum absolute atomic E-state index is 12.8. The molecule has 1 N–H and O–H groups in total. The van der Waals surface area contributed by atoms with Crippen LogP contribution in [0.5, 0.6) is 0 Å². The molecule has 21 heavy (non-hydrogen) atoms. The molecule has 0 saturated carbocycles. The van der Waals surface area contributed by atoms with E-state index in [-0.39, 0.29) is 18.0 Å². The number of pyridine rings is 1. The van der Waals surface area contributed by atoms with Crippen LogP contribution >= 0.6 is 0 Å². The average Bonchev–Trinajstić information content (AvgIpc) is 2.50. The molecule has 6 heteroatoms. The van der Waals surface area contributed by atoms with Gasteiger partial charge in [0.25, 0.3) is 0 Å². The van der Waals surface area contributed by atoms with E-state index in [9.17, 15) is 8.42 Å². The first-order valence-electron chi connectivity index (χ1n) is 7.06. The summed E-state index contributed by atoms with van der Waals surface area (Å²) >= 11 is 0. The van der Waals surface area contributed by atoms with Crippen LogP contribution in [-0.2, 0) is 10.0 Å². The van der Waals surface area contributed by atoms with E-state index in [1.165, 1.54) is 4.31 Å². The van der Waals surface area contributed by atoms with Gasteiger partial charge in [0.05, 0.1) is 17.0 Å². The van der Waals surface area contributed by atoms with Crippen LogP contribution < -0.4 is 0 Å². The third-order valence-electron chi connectivity index (χ3n) is 3.33. The number of sulfonamides is 1. The minimum atomic E-state index is -3.63. The molecule has 0 atom stereocenters. The predicted octanol–water partition coefficient (Wildman–Crippen LogP) is 2.02. The van der Waals surface area contributed by atoms with Crippen molar-refractivity contribution in [2.75, 3.05) is 19.7 Å². The maximum Gasteiger partial charge on any atom is 0.243 e. The Morgan fingerprint density at radius 3 is 2.71 bits per heavy atom. The molecule has 0 fully saturated rings. The molecule has 1 heterocycles. The van der Waals surface area contributed by atoms with Crippen LogP contribution in [0.2, 0.25) is 0 Å². The topological polar surface area (TPSA) is 70.5 Å². The zero-order valence-electron chi connectivity index (χ0n) is 12.1. The number of aliphatic hydroxyl groups is 1. The van der Waals surface area contributed by atoms with Crippen molar-refractivity contribution in [2.45, 2.75) is 24.7 Å². The van der Waals surface area contributed by atoms with E-state index in [1.54, 1.807) is 36.5 Å². The molecule has 2 aromatic rings. The molecule has 5 nitrogen and oxygen atoms in total. The molecule has 2 rings (SSSR count). The first kappa shape index (κ1) is 15.9. The lowest BCUT2D eigenvalue weighted by atomic mass is 10.2. The molecule has 0 radical (unpaired) electrons. The quantitative estimate of drug-likeness (QED) is 0.849. The molecule has 114 valence electrons. The number of unbranched alkanes of at least 4 members (excludes halogenated alkanes) is 1. The molecule has 1 aromatic carbocycles. The van der Waals surface area contributed by atoms with E-state index in [0.717, 1.165) is 12.8 Å². The summed E-state index contributed by atoms with van der Waals surface area (Å²) in [6, 6.07) is 8.56. The Hall–Kier alpha value is -1.50. The monoisotopic (exact) mass is 308 g/mol. The van der Waals surface area contributed by atoms with Crippen LogP contribution in [0.1, 0.15) is 19.8 Å². The predicted molar refractivity (Wildman–Crippen MR) is 82.5 cm³/mol. The van der Waals surface area contributed by atoms with Crippen LogP contribution in [0.15, 0.2) is 41.4 Å². The van der Waals surface area contributed by atoms with Gasteiger partial charge in [0.2, 0.25) is 10.0 Å². The van der Waals surface area contributed by atoms with E-state index in [4.69, 9.17) is 5.11 Å². The number of rotatable bonds is 7. The Labute approximate surface area is 125 Å². The molecule has 0 unspecified atom stereocenters. The molecule has 0 aliphatic heterocycles. The highest BCUT2D eigenvalue weighted by atomic mass is 32.2. The SMILES string of the molecule is CCCCN(CCO)S(=O)(=O)c1cccc2ncccc12. The smallest absolute Gasteiger partial charge is 0.243 e. The van der Waals surface area contributed by atoms with Crippen LogP contribution in [0, 0.1) is 0 Å². The zero-order chi connectivity index (χ0) is 15.3. The van der Waals surface area contributed by atoms with E-state index < -0.39 is 10.0 Å². The molecule has 0 aliphatic carbocycles. The van der Waals surface area contributed by atoms with Crippen LogP contribution in [-0.4, -0.2) is 42.5 Å². The minimum absolute atomic E-state index is 0.110. The molecule has 0 saturated heterocycles. The van der Waals surface area contributed by atoms with Gasteiger partial charge in [0.15, 0.2) is 0 Å². The summed E-state index contributed by atoms with van der Waals surface area (Å²) in [5.74, 6) is 0. The van der Waals surface area contributed by atoms with Gasteiger partial charge in [-0.2, -0.15) is 4.31 Å². The highest BCUT2D eigenvalue weighted by molar-refractivity contribution is 7.89. The summed E-state index contributed by atoms with van der Waals surface area (Å²) in [6.07, 6.45) is 3.30. The number of aromatic nitrogens is 1. The molecule has 0 spiro atoms. The first-order chi connectivity index (χ1) is 10.1. The summed E-state index contributed by atoms with van der Waals surface area (Å²) < 4.78 is 27.0. The van der Waals surface area contributed by atoms with Crippen molar-refractivity contribution >= 4 is 20.9 Å². The van der Waals surface area contributed by atoms with E-state index in [2.05, 4.69) is 4.98 Å². The van der Waals surface area contributed by atoms with Gasteiger partial charge in [-0.15, -0.1) is 0 Å². The molecular weight excluding hydrogens is 288 g/mol. The largest absolute Gasteiger partial charge is 0.395 e. The van der Waals surface area contributed by atoms with E-state index in [1.807, 2.05) is 6.92 Å². The van der Waals surface area contributed by atoms with Crippen LogP contribution in [0.4, 0.5) is 0 Å². The Balaban J connectivity index is 2.49. The van der Waals surface area contributed by atoms with Crippen molar-refractivity contribution in [1.29, 1.82) is 0 Å². The second-order valence-electron chi connectivity index (χ2n) is 4.81. The number of benzene rings is 1. The lowest BCUT2D eigenvalue weighted by Gasteiger charge is -2.21. The number of fused-ring (bicyclic) bond motifs is 1. The molecular formula is C15H20N2O3S. The lowest BCUT2D eigenvalue weighted by molar-refractivity contribution is 0.252. The standard InChI is InChI=1S/C15H20N2O3S/c1-2-3-10-17(11-12-18)21(19,20)15-8-4-7-14-13(15)6-5-9-16-14/h4-9,18H,2-3,10-12H2,1H3. The number of aliphatic hydroxyl groups excluding tert-OH is 1. The van der Waals surface area contributed by atoms with Crippen LogP contribution in [0.3, 0.4) is 0 Å². The van der Waals surface area contributed by atoms with Crippen LogP contribution in [0.25, 0.3) is 10.9 Å². The molecule has 0 aliphatic rings. The van der Waals surface area contributed by atoms with E-state index in [0.29, 0.717) is 17.4 Å². The molecule has 0 amide bonds. The second kappa shape index (κ2) is 6.98. The Morgan fingerprint density at radius 2 is 2.00 bits per heavy atom. The summed E-state index contributed by atoms with van der Waals surface area (Å²) in [5.41, 5.74) is 0.651. The van der Waals surface area contributed by atoms with Crippen molar-refractivity contribution in [1.82, 2.24) is 9.29 Å². The number of hydrogen-bond acceptors (Lipinski definition) is 4. The molecule has 0 bridgehead atoms. The fourth-order valence-corrected chi connectivity index (χ4v) is 3.91.